The summed E-state index contributed by atoms with van der Waals surface area (Å²) in [5, 5.41) is 0. The standard InChI is InChI=1S/C14H19FN2O3/c1-4-20-14(19)12(16)13(18)17(3)9(2)10-5-7-11(15)8-6-10/h5-9,12H,4,16H2,1-3H3. The van der Waals surface area contributed by atoms with Gasteiger partial charge in [-0.25, -0.2) is 9.18 Å². The number of carbonyl (C=O) groups excluding carboxylic acids is 2. The Bertz CT molecular complexity index is 476. The minimum atomic E-state index is -1.34. The highest BCUT2D eigenvalue weighted by Gasteiger charge is 2.29. The minimum Gasteiger partial charge on any atom is -0.464 e. The number of likely N-dealkylation sites (N-methyl/N-ethyl adjacent to an activating group) is 1. The van der Waals surface area contributed by atoms with Crippen LogP contribution in [0.2, 0.25) is 0 Å². The van der Waals surface area contributed by atoms with Crippen LogP contribution < -0.4 is 5.73 Å². The quantitative estimate of drug-likeness (QED) is 0.651. The molecule has 5 nitrogen and oxygen atoms in total. The summed E-state index contributed by atoms with van der Waals surface area (Å²) in [7, 11) is 1.54. The molecule has 2 unspecified atom stereocenters. The first-order valence-electron chi connectivity index (χ1n) is 6.32. The van der Waals surface area contributed by atoms with Crippen molar-refractivity contribution in [3.8, 4) is 0 Å². The molecule has 20 heavy (non-hydrogen) atoms. The van der Waals surface area contributed by atoms with Crippen molar-refractivity contribution in [2.24, 2.45) is 5.73 Å². The van der Waals surface area contributed by atoms with E-state index in [-0.39, 0.29) is 18.5 Å². The molecule has 0 saturated carbocycles. The number of halogens is 1. The SMILES string of the molecule is CCOC(=O)C(N)C(=O)N(C)C(C)c1ccc(F)cc1. The van der Waals surface area contributed by atoms with Gasteiger partial charge in [0.05, 0.1) is 12.6 Å². The first-order valence-corrected chi connectivity index (χ1v) is 6.32. The Labute approximate surface area is 117 Å². The lowest BCUT2D eigenvalue weighted by Crippen LogP contribution is -2.48. The van der Waals surface area contributed by atoms with Crippen LogP contribution in [0.3, 0.4) is 0 Å². The number of hydrogen-bond donors (Lipinski definition) is 1. The Hall–Kier alpha value is -1.95. The van der Waals surface area contributed by atoms with Crippen LogP contribution in [0.25, 0.3) is 0 Å². The fourth-order valence-corrected chi connectivity index (χ4v) is 1.71. The molecular formula is C14H19FN2O3. The van der Waals surface area contributed by atoms with Gasteiger partial charge in [0.1, 0.15) is 5.82 Å². The number of amides is 1. The monoisotopic (exact) mass is 282 g/mol. The van der Waals surface area contributed by atoms with Crippen LogP contribution in [0, 0.1) is 5.82 Å². The first kappa shape index (κ1) is 16.1. The molecule has 0 aliphatic carbocycles. The van der Waals surface area contributed by atoms with Crippen LogP contribution >= 0.6 is 0 Å². The lowest BCUT2D eigenvalue weighted by molar-refractivity contribution is -0.151. The third-order valence-electron chi connectivity index (χ3n) is 3.09. The summed E-state index contributed by atoms with van der Waals surface area (Å²) < 4.78 is 17.6. The molecule has 0 fully saturated rings. The highest BCUT2D eigenvalue weighted by Crippen LogP contribution is 2.19. The summed E-state index contributed by atoms with van der Waals surface area (Å²) in [5.74, 6) is -1.64. The van der Waals surface area contributed by atoms with Crippen molar-refractivity contribution in [3.63, 3.8) is 0 Å². The van der Waals surface area contributed by atoms with Gasteiger partial charge < -0.3 is 15.4 Å². The van der Waals surface area contributed by atoms with Gasteiger partial charge in [-0.05, 0) is 31.5 Å². The molecule has 110 valence electrons. The molecule has 1 aromatic rings. The highest BCUT2D eigenvalue weighted by molar-refractivity contribution is 6.01. The Morgan fingerprint density at radius 3 is 2.40 bits per heavy atom. The molecule has 0 spiro atoms. The number of hydrogen-bond acceptors (Lipinski definition) is 4. The fraction of sp³-hybridized carbons (Fsp3) is 0.429. The number of nitrogens with zero attached hydrogens (tertiary/aromatic N) is 1. The molecule has 1 amide bonds. The third-order valence-corrected chi connectivity index (χ3v) is 3.09. The molecule has 2 atom stereocenters. The summed E-state index contributed by atoms with van der Waals surface area (Å²) >= 11 is 0. The van der Waals surface area contributed by atoms with E-state index in [2.05, 4.69) is 0 Å². The average molecular weight is 282 g/mol. The Morgan fingerprint density at radius 1 is 1.35 bits per heavy atom. The molecule has 0 heterocycles. The Kier molecular flexibility index (Phi) is 5.64. The van der Waals surface area contributed by atoms with Gasteiger partial charge in [-0.2, -0.15) is 0 Å². The second kappa shape index (κ2) is 7.00. The molecule has 0 aromatic heterocycles. The van der Waals surface area contributed by atoms with Gasteiger partial charge in [-0.15, -0.1) is 0 Å². The average Bonchev–Trinajstić information content (AvgIpc) is 2.45. The van der Waals surface area contributed by atoms with E-state index in [1.54, 1.807) is 26.0 Å². The van der Waals surface area contributed by atoms with Crippen molar-refractivity contribution >= 4 is 11.9 Å². The smallest absolute Gasteiger partial charge is 0.332 e. The van der Waals surface area contributed by atoms with E-state index in [4.69, 9.17) is 10.5 Å². The predicted molar refractivity (Wildman–Crippen MR) is 72.2 cm³/mol. The van der Waals surface area contributed by atoms with Crippen LogP contribution in [0.5, 0.6) is 0 Å². The van der Waals surface area contributed by atoms with Gasteiger partial charge in [-0.3, -0.25) is 4.79 Å². The van der Waals surface area contributed by atoms with E-state index in [0.29, 0.717) is 0 Å². The zero-order chi connectivity index (χ0) is 15.3. The van der Waals surface area contributed by atoms with Gasteiger partial charge in [-0.1, -0.05) is 12.1 Å². The van der Waals surface area contributed by atoms with Crippen molar-refractivity contribution in [3.05, 3.63) is 35.6 Å². The van der Waals surface area contributed by atoms with Crippen LogP contribution in [0.1, 0.15) is 25.5 Å². The molecule has 2 N–H and O–H groups in total. The molecule has 1 aromatic carbocycles. The van der Waals surface area contributed by atoms with Crippen LogP contribution in [-0.4, -0.2) is 36.5 Å². The number of ether oxygens (including phenoxy) is 1. The summed E-state index contributed by atoms with van der Waals surface area (Å²) in [4.78, 5) is 24.9. The summed E-state index contributed by atoms with van der Waals surface area (Å²) in [6.45, 7) is 3.57. The molecule has 6 heteroatoms. The number of benzene rings is 1. The fourth-order valence-electron chi connectivity index (χ4n) is 1.71. The molecular weight excluding hydrogens is 263 g/mol. The summed E-state index contributed by atoms with van der Waals surface area (Å²) in [5.41, 5.74) is 6.31. The van der Waals surface area contributed by atoms with Crippen molar-refractivity contribution in [1.29, 1.82) is 0 Å². The van der Waals surface area contributed by atoms with Crippen molar-refractivity contribution in [1.82, 2.24) is 4.90 Å². The van der Waals surface area contributed by atoms with Crippen LogP contribution in [0.4, 0.5) is 4.39 Å². The molecule has 0 radical (unpaired) electrons. The van der Waals surface area contributed by atoms with Gasteiger partial charge >= 0.3 is 5.97 Å². The topological polar surface area (TPSA) is 72.6 Å². The second-order valence-corrected chi connectivity index (χ2v) is 4.41. The Balaban J connectivity index is 2.77. The highest BCUT2D eigenvalue weighted by atomic mass is 19.1. The van der Waals surface area contributed by atoms with E-state index in [9.17, 15) is 14.0 Å². The van der Waals surface area contributed by atoms with Crippen LogP contribution in [-0.2, 0) is 14.3 Å². The number of nitrogens with two attached hydrogens (primary N) is 1. The summed E-state index contributed by atoms with van der Waals surface area (Å²) in [6, 6.07) is 4.12. The molecule has 1 rings (SSSR count). The maximum atomic E-state index is 12.9. The van der Waals surface area contributed by atoms with Crippen molar-refractivity contribution in [2.75, 3.05) is 13.7 Å². The largest absolute Gasteiger partial charge is 0.464 e. The molecule has 0 bridgehead atoms. The molecule has 0 aliphatic rings. The van der Waals surface area contributed by atoms with Gasteiger partial charge in [0.25, 0.3) is 5.91 Å². The molecule has 0 saturated heterocycles. The summed E-state index contributed by atoms with van der Waals surface area (Å²) in [6.07, 6.45) is 0. The predicted octanol–water partition coefficient (Wildman–Crippen LogP) is 1.24. The van der Waals surface area contributed by atoms with Gasteiger partial charge in [0, 0.05) is 7.05 Å². The zero-order valence-corrected chi connectivity index (χ0v) is 11.8. The Morgan fingerprint density at radius 2 is 1.90 bits per heavy atom. The third kappa shape index (κ3) is 3.77. The van der Waals surface area contributed by atoms with Crippen LogP contribution in [0.15, 0.2) is 24.3 Å². The number of esters is 1. The van der Waals surface area contributed by atoms with E-state index < -0.39 is 17.9 Å². The van der Waals surface area contributed by atoms with E-state index in [1.807, 2.05) is 0 Å². The maximum Gasteiger partial charge on any atom is 0.332 e. The number of rotatable bonds is 5. The van der Waals surface area contributed by atoms with E-state index in [0.717, 1.165) is 5.56 Å². The van der Waals surface area contributed by atoms with E-state index >= 15 is 0 Å². The lowest BCUT2D eigenvalue weighted by atomic mass is 10.1. The molecule has 0 aliphatic heterocycles. The maximum absolute atomic E-state index is 12.9. The van der Waals surface area contributed by atoms with Crippen molar-refractivity contribution < 1.29 is 18.7 Å². The van der Waals surface area contributed by atoms with Crippen molar-refractivity contribution in [2.45, 2.75) is 25.9 Å². The van der Waals surface area contributed by atoms with Gasteiger partial charge in [0.2, 0.25) is 0 Å². The second-order valence-electron chi connectivity index (χ2n) is 4.41. The normalized spacial score (nSPS) is 13.4. The van der Waals surface area contributed by atoms with E-state index in [1.165, 1.54) is 24.1 Å². The zero-order valence-electron chi connectivity index (χ0n) is 11.8. The number of carbonyl (C=O) groups is 2. The van der Waals surface area contributed by atoms with Gasteiger partial charge in [0.15, 0.2) is 6.04 Å². The minimum absolute atomic E-state index is 0.164. The first-order chi connectivity index (χ1) is 9.38. The lowest BCUT2D eigenvalue weighted by Gasteiger charge is -2.27.